The number of hydrogen-bond acceptors (Lipinski definition) is 5. The summed E-state index contributed by atoms with van der Waals surface area (Å²) in [5.41, 5.74) is -1.86. The van der Waals surface area contributed by atoms with Crippen molar-refractivity contribution in [2.45, 2.75) is 25.4 Å². The number of carbonyl (C=O) groups is 1. The first kappa shape index (κ1) is 12.8. The number of methoxy groups -OCH3 is 1. The summed E-state index contributed by atoms with van der Waals surface area (Å²) in [6.45, 7) is 4.96. The molecular weight excluding hydrogens is 222 g/mol. The van der Waals surface area contributed by atoms with Crippen LogP contribution in [0.1, 0.15) is 19.8 Å². The molecule has 2 fully saturated rings. The van der Waals surface area contributed by atoms with Gasteiger partial charge >= 0.3 is 5.97 Å². The van der Waals surface area contributed by atoms with E-state index in [1.165, 1.54) is 7.11 Å². The molecule has 0 saturated carbocycles. The highest BCUT2D eigenvalue weighted by atomic mass is 16.6. The average Bonchev–Trinajstić information content (AvgIpc) is 2.34. The Balaban J connectivity index is 2.26. The van der Waals surface area contributed by atoms with E-state index in [9.17, 15) is 9.90 Å². The number of hydrogen-bond donors (Lipinski definition) is 1. The van der Waals surface area contributed by atoms with E-state index in [2.05, 4.69) is 11.8 Å². The lowest BCUT2D eigenvalue weighted by Gasteiger charge is -2.53. The first-order chi connectivity index (χ1) is 8.08. The number of ether oxygens (including phenoxy) is 2. The molecule has 2 rings (SSSR count). The van der Waals surface area contributed by atoms with Gasteiger partial charge in [0.2, 0.25) is 0 Å². The Morgan fingerprint density at radius 2 is 2.24 bits per heavy atom. The molecular formula is C12H21NO4. The number of rotatable bonds is 3. The van der Waals surface area contributed by atoms with Gasteiger partial charge in [-0.15, -0.1) is 0 Å². The summed E-state index contributed by atoms with van der Waals surface area (Å²) >= 11 is 0. The Bertz CT molecular complexity index is 303. The molecule has 5 heteroatoms. The van der Waals surface area contributed by atoms with E-state index in [1.807, 2.05) is 0 Å². The summed E-state index contributed by atoms with van der Waals surface area (Å²) in [6.07, 6.45) is 1.58. The average molecular weight is 243 g/mol. The molecule has 2 saturated heterocycles. The summed E-state index contributed by atoms with van der Waals surface area (Å²) in [7, 11) is 1.39. The summed E-state index contributed by atoms with van der Waals surface area (Å²) in [5.74, 6) is -0.304. The van der Waals surface area contributed by atoms with E-state index in [-0.39, 0.29) is 19.2 Å². The van der Waals surface area contributed by atoms with E-state index in [4.69, 9.17) is 9.47 Å². The van der Waals surface area contributed by atoms with Gasteiger partial charge in [-0.1, -0.05) is 6.92 Å². The SMILES string of the molecule is CCN1CCCC(C(=O)OC)(C2(O)COC2)C1. The van der Waals surface area contributed by atoms with Crippen molar-refractivity contribution < 1.29 is 19.4 Å². The number of nitrogens with zero attached hydrogens (tertiary/aromatic N) is 1. The topological polar surface area (TPSA) is 59.0 Å². The van der Waals surface area contributed by atoms with Crippen molar-refractivity contribution in [3.63, 3.8) is 0 Å². The van der Waals surface area contributed by atoms with Gasteiger partial charge in [-0.05, 0) is 25.9 Å². The van der Waals surface area contributed by atoms with Gasteiger partial charge in [0.1, 0.15) is 11.0 Å². The minimum atomic E-state index is -1.05. The minimum absolute atomic E-state index is 0.236. The van der Waals surface area contributed by atoms with Crippen molar-refractivity contribution in [3.05, 3.63) is 0 Å². The monoisotopic (exact) mass is 243 g/mol. The van der Waals surface area contributed by atoms with Crippen molar-refractivity contribution >= 4 is 5.97 Å². The standard InChI is InChI=1S/C12H21NO4/c1-3-13-6-4-5-11(7-13,10(14)16-2)12(15)8-17-9-12/h15H,3-9H2,1-2H3. The maximum absolute atomic E-state index is 12.1. The van der Waals surface area contributed by atoms with Crippen LogP contribution < -0.4 is 0 Å². The Morgan fingerprint density at radius 1 is 1.53 bits per heavy atom. The highest BCUT2D eigenvalue weighted by Gasteiger charge is 2.61. The fourth-order valence-corrected chi connectivity index (χ4v) is 2.92. The second-order valence-electron chi connectivity index (χ2n) is 5.07. The Hall–Kier alpha value is -0.650. The normalized spacial score (nSPS) is 32.9. The number of piperidine rings is 1. The fraction of sp³-hybridized carbons (Fsp3) is 0.917. The van der Waals surface area contributed by atoms with Crippen LogP contribution in [0, 0.1) is 5.41 Å². The molecule has 0 bridgehead atoms. The second-order valence-corrected chi connectivity index (χ2v) is 5.07. The molecule has 17 heavy (non-hydrogen) atoms. The van der Waals surface area contributed by atoms with Crippen molar-refractivity contribution in [2.75, 3.05) is 40.0 Å². The fourth-order valence-electron chi connectivity index (χ4n) is 2.92. The van der Waals surface area contributed by atoms with Crippen molar-refractivity contribution in [2.24, 2.45) is 5.41 Å². The second kappa shape index (κ2) is 4.55. The highest BCUT2D eigenvalue weighted by molar-refractivity contribution is 5.79. The number of likely N-dealkylation sites (tertiary alicyclic amines) is 1. The maximum atomic E-state index is 12.1. The molecule has 1 atom stereocenters. The van der Waals surface area contributed by atoms with Crippen LogP contribution in [-0.4, -0.2) is 61.5 Å². The lowest BCUT2D eigenvalue weighted by molar-refractivity contribution is -0.255. The number of carbonyl (C=O) groups excluding carboxylic acids is 1. The summed E-state index contributed by atoms with van der Waals surface area (Å²) in [4.78, 5) is 14.3. The molecule has 0 aliphatic carbocycles. The summed E-state index contributed by atoms with van der Waals surface area (Å²) in [5, 5.41) is 10.5. The zero-order chi connectivity index (χ0) is 12.5. The van der Waals surface area contributed by atoms with E-state index in [0.29, 0.717) is 13.0 Å². The maximum Gasteiger partial charge on any atom is 0.316 e. The van der Waals surface area contributed by atoms with Crippen LogP contribution in [0.2, 0.25) is 0 Å². The molecule has 1 N–H and O–H groups in total. The third-order valence-electron chi connectivity index (χ3n) is 4.17. The molecule has 0 aromatic carbocycles. The molecule has 0 spiro atoms. The smallest absolute Gasteiger partial charge is 0.316 e. The van der Waals surface area contributed by atoms with Crippen LogP contribution >= 0.6 is 0 Å². The van der Waals surface area contributed by atoms with Crippen LogP contribution in [0.4, 0.5) is 0 Å². The van der Waals surface area contributed by atoms with Crippen molar-refractivity contribution in [1.29, 1.82) is 0 Å². The van der Waals surface area contributed by atoms with Crippen LogP contribution in [0.3, 0.4) is 0 Å². The largest absolute Gasteiger partial charge is 0.468 e. The van der Waals surface area contributed by atoms with Gasteiger partial charge in [0.25, 0.3) is 0 Å². The van der Waals surface area contributed by atoms with Crippen molar-refractivity contribution in [3.8, 4) is 0 Å². The third kappa shape index (κ3) is 1.86. The van der Waals surface area contributed by atoms with Gasteiger partial charge in [0, 0.05) is 6.54 Å². The summed E-state index contributed by atoms with van der Waals surface area (Å²) in [6, 6.07) is 0. The van der Waals surface area contributed by atoms with Gasteiger partial charge < -0.3 is 19.5 Å². The minimum Gasteiger partial charge on any atom is -0.468 e. The molecule has 2 aliphatic heterocycles. The van der Waals surface area contributed by atoms with Gasteiger partial charge in [-0.3, -0.25) is 4.79 Å². The quantitative estimate of drug-likeness (QED) is 0.708. The van der Waals surface area contributed by atoms with Crippen LogP contribution in [0.25, 0.3) is 0 Å². The van der Waals surface area contributed by atoms with Crippen molar-refractivity contribution in [1.82, 2.24) is 4.90 Å². The van der Waals surface area contributed by atoms with E-state index >= 15 is 0 Å². The molecule has 2 heterocycles. The van der Waals surface area contributed by atoms with Crippen LogP contribution in [0.5, 0.6) is 0 Å². The van der Waals surface area contributed by atoms with Gasteiger partial charge in [0.15, 0.2) is 0 Å². The van der Waals surface area contributed by atoms with Crippen LogP contribution in [0.15, 0.2) is 0 Å². The molecule has 1 unspecified atom stereocenters. The molecule has 0 amide bonds. The number of esters is 1. The summed E-state index contributed by atoms with van der Waals surface area (Å²) < 4.78 is 10.0. The van der Waals surface area contributed by atoms with E-state index in [1.54, 1.807) is 0 Å². The Kier molecular flexibility index (Phi) is 3.43. The zero-order valence-corrected chi connectivity index (χ0v) is 10.6. The van der Waals surface area contributed by atoms with Gasteiger partial charge in [0.05, 0.1) is 20.3 Å². The molecule has 2 aliphatic rings. The van der Waals surface area contributed by atoms with Crippen LogP contribution in [-0.2, 0) is 14.3 Å². The molecule has 98 valence electrons. The van der Waals surface area contributed by atoms with Gasteiger partial charge in [-0.2, -0.15) is 0 Å². The predicted octanol–water partition coefficient (Wildman–Crippen LogP) is 0.0228. The number of aliphatic hydroxyl groups is 1. The Labute approximate surface area is 102 Å². The molecule has 0 radical (unpaired) electrons. The van der Waals surface area contributed by atoms with Gasteiger partial charge in [-0.25, -0.2) is 0 Å². The predicted molar refractivity (Wildman–Crippen MR) is 61.6 cm³/mol. The van der Waals surface area contributed by atoms with E-state index < -0.39 is 11.0 Å². The molecule has 5 nitrogen and oxygen atoms in total. The lowest BCUT2D eigenvalue weighted by Crippen LogP contribution is -2.69. The highest BCUT2D eigenvalue weighted by Crippen LogP contribution is 2.45. The lowest BCUT2D eigenvalue weighted by atomic mass is 9.65. The first-order valence-corrected chi connectivity index (χ1v) is 6.19. The Morgan fingerprint density at radius 3 is 2.71 bits per heavy atom. The van der Waals surface area contributed by atoms with E-state index in [0.717, 1.165) is 19.5 Å². The first-order valence-electron chi connectivity index (χ1n) is 6.19. The third-order valence-corrected chi connectivity index (χ3v) is 4.17. The zero-order valence-electron chi connectivity index (χ0n) is 10.6. The molecule has 0 aromatic heterocycles. The molecule has 0 aromatic rings.